The van der Waals surface area contributed by atoms with E-state index in [1.54, 1.807) is 0 Å². The normalized spacial score (nSPS) is 43.9. The Kier molecular flexibility index (Phi) is 8.48. The highest BCUT2D eigenvalue weighted by Gasteiger charge is 2.53. The van der Waals surface area contributed by atoms with Gasteiger partial charge in [0.15, 0.2) is 18.6 Å². The summed E-state index contributed by atoms with van der Waals surface area (Å²) >= 11 is 0. The van der Waals surface area contributed by atoms with Crippen LogP contribution in [0.4, 0.5) is 0 Å². The highest BCUT2D eigenvalue weighted by Crippen LogP contribution is 2.43. The molecular weight excluding hydrogens is 470 g/mol. The van der Waals surface area contributed by atoms with E-state index < -0.39 is 36.4 Å². The first-order valence-corrected chi connectivity index (χ1v) is 13.1. The second kappa shape index (κ2) is 10.9. The number of nitrogens with one attached hydrogen (secondary N) is 1. The van der Waals surface area contributed by atoms with E-state index in [1.807, 2.05) is 13.8 Å². The van der Waals surface area contributed by atoms with Gasteiger partial charge in [-0.25, -0.2) is 0 Å². The molecule has 0 bridgehead atoms. The zero-order valence-electron chi connectivity index (χ0n) is 22.1. The number of methoxy groups -OCH3 is 1. The number of ether oxygens (including phenoxy) is 6. The van der Waals surface area contributed by atoms with Crippen LogP contribution in [-0.2, 0) is 33.2 Å². The van der Waals surface area contributed by atoms with E-state index in [-0.39, 0.29) is 49.0 Å². The second-order valence-corrected chi connectivity index (χ2v) is 11.4. The second-order valence-electron chi connectivity index (χ2n) is 11.4. The average molecular weight is 514 g/mol. The van der Waals surface area contributed by atoms with Crippen molar-refractivity contribution in [2.45, 2.75) is 121 Å². The summed E-state index contributed by atoms with van der Waals surface area (Å²) in [6.07, 6.45) is -0.651. The molecule has 0 spiro atoms. The lowest BCUT2D eigenvalue weighted by Gasteiger charge is -2.51. The molecule has 206 valence electrons. The van der Waals surface area contributed by atoms with Gasteiger partial charge in [0.2, 0.25) is 5.79 Å². The topological polar surface area (TPSA) is 125 Å². The highest BCUT2D eigenvalue weighted by molar-refractivity contribution is 5.82. The monoisotopic (exact) mass is 513 g/mol. The molecule has 4 saturated heterocycles. The van der Waals surface area contributed by atoms with E-state index in [2.05, 4.69) is 25.7 Å². The molecule has 4 fully saturated rings. The largest absolute Gasteiger partial charge is 0.378 e. The van der Waals surface area contributed by atoms with Crippen LogP contribution < -0.4 is 5.32 Å². The maximum Gasteiger partial charge on any atom is 0.256 e. The molecule has 1 amide bonds. The molecule has 10 nitrogen and oxygen atoms in total. The molecule has 4 aliphatic heterocycles. The highest BCUT2D eigenvalue weighted by atomic mass is 16.7. The fourth-order valence-corrected chi connectivity index (χ4v) is 5.81. The van der Waals surface area contributed by atoms with Gasteiger partial charge in [-0.1, -0.05) is 32.9 Å². The van der Waals surface area contributed by atoms with Crippen molar-refractivity contribution in [1.29, 1.82) is 0 Å². The SMILES string of the molecule is C=C1C[C@](OC)([C@H](O)C(=O)N[C@H]2OCO[C@@H]3CC(C)(C)[C@@H](C[C@H]4CCCC(O)O4)O[C@@H]32)O[C@H](C)[C@@H]1C. The van der Waals surface area contributed by atoms with Gasteiger partial charge in [-0.15, -0.1) is 0 Å². The van der Waals surface area contributed by atoms with Crippen molar-refractivity contribution in [3.8, 4) is 0 Å². The average Bonchev–Trinajstić information content (AvgIpc) is 2.82. The molecule has 0 aliphatic carbocycles. The number of aliphatic hydroxyl groups excluding tert-OH is 2. The van der Waals surface area contributed by atoms with Gasteiger partial charge >= 0.3 is 0 Å². The van der Waals surface area contributed by atoms with Gasteiger partial charge in [0.25, 0.3) is 5.91 Å². The zero-order chi connectivity index (χ0) is 26.3. The van der Waals surface area contributed by atoms with E-state index >= 15 is 0 Å². The summed E-state index contributed by atoms with van der Waals surface area (Å²) in [7, 11) is 1.41. The third-order valence-electron chi connectivity index (χ3n) is 8.42. The van der Waals surface area contributed by atoms with Crippen molar-refractivity contribution in [2.75, 3.05) is 13.9 Å². The first-order chi connectivity index (χ1) is 17.0. The molecule has 0 aromatic carbocycles. The number of carbonyl (C=O) groups excluding carboxylic acids is 1. The fourth-order valence-electron chi connectivity index (χ4n) is 5.81. The number of hydrogen-bond donors (Lipinski definition) is 3. The van der Waals surface area contributed by atoms with Gasteiger partial charge in [0, 0.05) is 25.9 Å². The van der Waals surface area contributed by atoms with Crippen LogP contribution in [0.3, 0.4) is 0 Å². The Morgan fingerprint density at radius 2 is 2.00 bits per heavy atom. The number of fused-ring (bicyclic) bond motifs is 1. The minimum atomic E-state index is -1.60. The summed E-state index contributed by atoms with van der Waals surface area (Å²) in [4.78, 5) is 13.2. The lowest BCUT2D eigenvalue weighted by molar-refractivity contribution is -0.307. The number of aliphatic hydroxyl groups is 2. The van der Waals surface area contributed by atoms with Crippen molar-refractivity contribution >= 4 is 5.91 Å². The quantitative estimate of drug-likeness (QED) is 0.457. The Morgan fingerprint density at radius 3 is 2.67 bits per heavy atom. The molecular formula is C26H43NO9. The molecule has 36 heavy (non-hydrogen) atoms. The van der Waals surface area contributed by atoms with Crippen molar-refractivity contribution in [1.82, 2.24) is 5.32 Å². The molecule has 4 rings (SSSR count). The van der Waals surface area contributed by atoms with Crippen molar-refractivity contribution in [2.24, 2.45) is 11.3 Å². The van der Waals surface area contributed by atoms with Crippen LogP contribution in [0, 0.1) is 11.3 Å². The van der Waals surface area contributed by atoms with Crippen LogP contribution >= 0.6 is 0 Å². The third kappa shape index (κ3) is 5.66. The van der Waals surface area contributed by atoms with E-state index in [0.29, 0.717) is 19.3 Å². The Bertz CT molecular complexity index is 806. The van der Waals surface area contributed by atoms with Gasteiger partial charge in [0.1, 0.15) is 12.9 Å². The predicted molar refractivity (Wildman–Crippen MR) is 128 cm³/mol. The third-order valence-corrected chi connectivity index (χ3v) is 8.42. The molecule has 10 heteroatoms. The van der Waals surface area contributed by atoms with Crippen molar-refractivity contribution in [3.05, 3.63) is 12.2 Å². The maximum atomic E-state index is 13.2. The minimum Gasteiger partial charge on any atom is -0.378 e. The van der Waals surface area contributed by atoms with Crippen LogP contribution in [-0.4, -0.2) is 85.0 Å². The molecule has 4 aliphatic rings. The van der Waals surface area contributed by atoms with Gasteiger partial charge in [-0.2, -0.15) is 0 Å². The molecule has 0 aromatic rings. The Labute approximate surface area is 213 Å². The summed E-state index contributed by atoms with van der Waals surface area (Å²) in [5.74, 6) is -2.14. The first-order valence-electron chi connectivity index (χ1n) is 13.1. The lowest BCUT2D eigenvalue weighted by atomic mass is 9.74. The number of amides is 1. The van der Waals surface area contributed by atoms with Gasteiger partial charge in [0.05, 0.1) is 24.4 Å². The van der Waals surface area contributed by atoms with E-state index in [4.69, 9.17) is 28.4 Å². The van der Waals surface area contributed by atoms with E-state index in [0.717, 1.165) is 18.4 Å². The van der Waals surface area contributed by atoms with Crippen LogP contribution in [0.1, 0.15) is 66.2 Å². The van der Waals surface area contributed by atoms with E-state index in [9.17, 15) is 15.0 Å². The van der Waals surface area contributed by atoms with Crippen LogP contribution in [0.2, 0.25) is 0 Å². The molecule has 0 saturated carbocycles. The Morgan fingerprint density at radius 1 is 1.25 bits per heavy atom. The van der Waals surface area contributed by atoms with Crippen molar-refractivity contribution in [3.63, 3.8) is 0 Å². The van der Waals surface area contributed by atoms with E-state index in [1.165, 1.54) is 7.11 Å². The van der Waals surface area contributed by atoms with Crippen LogP contribution in [0.25, 0.3) is 0 Å². The van der Waals surface area contributed by atoms with Gasteiger partial charge in [-0.3, -0.25) is 4.79 Å². The number of carbonyl (C=O) groups is 1. The smallest absolute Gasteiger partial charge is 0.256 e. The zero-order valence-corrected chi connectivity index (χ0v) is 22.1. The molecule has 1 unspecified atom stereocenters. The molecule has 3 N–H and O–H groups in total. The molecule has 0 aromatic heterocycles. The molecule has 0 radical (unpaired) electrons. The fraction of sp³-hybridized carbons (Fsp3) is 0.885. The van der Waals surface area contributed by atoms with Gasteiger partial charge in [-0.05, 0) is 38.0 Å². The van der Waals surface area contributed by atoms with Gasteiger partial charge < -0.3 is 44.0 Å². The lowest BCUT2D eigenvalue weighted by Crippen LogP contribution is -2.65. The maximum absolute atomic E-state index is 13.2. The number of rotatable bonds is 6. The summed E-state index contributed by atoms with van der Waals surface area (Å²) in [6, 6.07) is 0. The summed E-state index contributed by atoms with van der Waals surface area (Å²) in [6.45, 7) is 12.2. The van der Waals surface area contributed by atoms with Crippen LogP contribution in [0.15, 0.2) is 12.2 Å². The Balaban J connectivity index is 1.44. The summed E-state index contributed by atoms with van der Waals surface area (Å²) < 4.78 is 35.4. The summed E-state index contributed by atoms with van der Waals surface area (Å²) in [5, 5.41) is 23.8. The van der Waals surface area contributed by atoms with Crippen molar-refractivity contribution < 1.29 is 43.4 Å². The standard InChI is InChI=1S/C26H43NO9/c1-14-11-26(31-6,36-16(3)15(14)2)22(29)23(30)27-24-21-18(32-13-33-24)12-25(4,5)19(35-21)10-17-8-7-9-20(28)34-17/h15-22,24,28-29H,1,7-13H2,2-6H3,(H,27,30)/t15-,16-,17-,18-,19-,20?,21+,22-,24+,26-/m1/s1. The van der Waals surface area contributed by atoms with Crippen LogP contribution in [0.5, 0.6) is 0 Å². The summed E-state index contributed by atoms with van der Waals surface area (Å²) in [5.41, 5.74) is 0.641. The first kappa shape index (κ1) is 27.9. The predicted octanol–water partition coefficient (Wildman–Crippen LogP) is 1.97. The Hall–Kier alpha value is -1.11. The molecule has 10 atom stereocenters. The minimum absolute atomic E-state index is 0.00151. The number of hydrogen-bond acceptors (Lipinski definition) is 9. The molecule has 4 heterocycles.